The Morgan fingerprint density at radius 1 is 1.39 bits per heavy atom. The molecule has 1 aromatic rings. The SMILES string of the molecule is CCc1ccc(CC(=O)C2(C)COCC2N)cc1. The van der Waals surface area contributed by atoms with Gasteiger partial charge in [0.05, 0.1) is 18.6 Å². The molecule has 0 aliphatic carbocycles. The lowest BCUT2D eigenvalue weighted by atomic mass is 9.79. The number of aryl methyl sites for hydroxylation is 1. The predicted molar refractivity (Wildman–Crippen MR) is 71.4 cm³/mol. The molecule has 0 saturated carbocycles. The van der Waals surface area contributed by atoms with Gasteiger partial charge in [0.2, 0.25) is 0 Å². The third-order valence-corrected chi connectivity index (χ3v) is 3.95. The van der Waals surface area contributed by atoms with Crippen LogP contribution in [0.25, 0.3) is 0 Å². The number of nitrogens with two attached hydrogens (primary N) is 1. The fourth-order valence-electron chi connectivity index (χ4n) is 2.26. The second-order valence-corrected chi connectivity index (χ2v) is 5.31. The first-order valence-electron chi connectivity index (χ1n) is 6.50. The van der Waals surface area contributed by atoms with E-state index in [9.17, 15) is 4.79 Å². The molecular weight excluding hydrogens is 226 g/mol. The van der Waals surface area contributed by atoms with Crippen LogP contribution < -0.4 is 5.73 Å². The molecule has 1 fully saturated rings. The molecule has 2 atom stereocenters. The Morgan fingerprint density at radius 3 is 2.50 bits per heavy atom. The van der Waals surface area contributed by atoms with Crippen molar-refractivity contribution in [3.63, 3.8) is 0 Å². The Morgan fingerprint density at radius 2 is 2.00 bits per heavy atom. The summed E-state index contributed by atoms with van der Waals surface area (Å²) in [4.78, 5) is 12.3. The maximum absolute atomic E-state index is 12.3. The first kappa shape index (κ1) is 13.2. The Labute approximate surface area is 108 Å². The van der Waals surface area contributed by atoms with Crippen molar-refractivity contribution >= 4 is 5.78 Å². The molecule has 2 rings (SSSR count). The average Bonchev–Trinajstić information content (AvgIpc) is 2.72. The van der Waals surface area contributed by atoms with Crippen LogP contribution in [0.2, 0.25) is 0 Å². The van der Waals surface area contributed by atoms with Crippen LogP contribution in [0.1, 0.15) is 25.0 Å². The zero-order valence-corrected chi connectivity index (χ0v) is 11.1. The molecule has 1 saturated heterocycles. The molecule has 18 heavy (non-hydrogen) atoms. The first-order valence-corrected chi connectivity index (χ1v) is 6.50. The quantitative estimate of drug-likeness (QED) is 0.881. The van der Waals surface area contributed by atoms with E-state index in [2.05, 4.69) is 19.1 Å². The fraction of sp³-hybridized carbons (Fsp3) is 0.533. The molecule has 1 heterocycles. The number of rotatable bonds is 4. The summed E-state index contributed by atoms with van der Waals surface area (Å²) in [6.45, 7) is 4.96. The topological polar surface area (TPSA) is 52.3 Å². The van der Waals surface area contributed by atoms with Gasteiger partial charge in [0.1, 0.15) is 5.78 Å². The molecule has 0 radical (unpaired) electrons. The van der Waals surface area contributed by atoms with E-state index >= 15 is 0 Å². The van der Waals surface area contributed by atoms with Crippen molar-refractivity contribution in [2.24, 2.45) is 11.1 Å². The number of Topliss-reactive ketones (excluding diaryl/α,β-unsaturated/α-hetero) is 1. The minimum atomic E-state index is -0.524. The summed E-state index contributed by atoms with van der Waals surface area (Å²) in [5.74, 6) is 0.178. The molecule has 1 aliphatic rings. The lowest BCUT2D eigenvalue weighted by Gasteiger charge is -2.25. The highest BCUT2D eigenvalue weighted by atomic mass is 16.5. The van der Waals surface area contributed by atoms with E-state index in [4.69, 9.17) is 10.5 Å². The van der Waals surface area contributed by atoms with Crippen molar-refractivity contribution < 1.29 is 9.53 Å². The smallest absolute Gasteiger partial charge is 0.147 e. The zero-order chi connectivity index (χ0) is 13.2. The van der Waals surface area contributed by atoms with Gasteiger partial charge < -0.3 is 10.5 Å². The van der Waals surface area contributed by atoms with E-state index in [1.807, 2.05) is 19.1 Å². The van der Waals surface area contributed by atoms with Crippen LogP contribution in [0.3, 0.4) is 0 Å². The Hall–Kier alpha value is -1.19. The summed E-state index contributed by atoms with van der Waals surface area (Å²) < 4.78 is 5.32. The van der Waals surface area contributed by atoms with E-state index in [1.54, 1.807) is 0 Å². The van der Waals surface area contributed by atoms with E-state index in [1.165, 1.54) is 5.56 Å². The molecule has 2 unspecified atom stereocenters. The van der Waals surface area contributed by atoms with Crippen molar-refractivity contribution in [3.05, 3.63) is 35.4 Å². The highest BCUT2D eigenvalue weighted by Crippen LogP contribution is 2.29. The van der Waals surface area contributed by atoms with E-state index < -0.39 is 5.41 Å². The summed E-state index contributed by atoms with van der Waals surface area (Å²) in [6, 6.07) is 8.04. The number of hydrogen-bond donors (Lipinski definition) is 1. The number of hydrogen-bond acceptors (Lipinski definition) is 3. The van der Waals surface area contributed by atoms with Gasteiger partial charge in [0.25, 0.3) is 0 Å². The molecule has 3 heteroatoms. The normalized spacial score (nSPS) is 27.4. The predicted octanol–water partition coefficient (Wildman–Crippen LogP) is 1.72. The van der Waals surface area contributed by atoms with Gasteiger partial charge in [-0.15, -0.1) is 0 Å². The van der Waals surface area contributed by atoms with E-state index in [0.717, 1.165) is 12.0 Å². The highest BCUT2D eigenvalue weighted by molar-refractivity contribution is 5.87. The third-order valence-electron chi connectivity index (χ3n) is 3.95. The summed E-state index contributed by atoms with van der Waals surface area (Å²) in [5.41, 5.74) is 7.79. The molecule has 0 spiro atoms. The van der Waals surface area contributed by atoms with E-state index in [0.29, 0.717) is 19.6 Å². The molecule has 1 aliphatic heterocycles. The van der Waals surface area contributed by atoms with Gasteiger partial charge in [-0.05, 0) is 24.5 Å². The van der Waals surface area contributed by atoms with Crippen molar-refractivity contribution in [1.82, 2.24) is 0 Å². The van der Waals surface area contributed by atoms with Crippen molar-refractivity contribution in [2.45, 2.75) is 32.7 Å². The van der Waals surface area contributed by atoms with Crippen LogP contribution in [0.5, 0.6) is 0 Å². The van der Waals surface area contributed by atoms with Crippen LogP contribution in [0.4, 0.5) is 0 Å². The summed E-state index contributed by atoms with van der Waals surface area (Å²) in [6.07, 6.45) is 1.46. The standard InChI is InChI=1S/C15H21NO2/c1-3-11-4-6-12(7-5-11)8-14(17)15(2)10-18-9-13(15)16/h4-7,13H,3,8-10,16H2,1-2H3. The Kier molecular flexibility index (Phi) is 3.83. The first-order chi connectivity index (χ1) is 8.56. The zero-order valence-electron chi connectivity index (χ0n) is 11.1. The van der Waals surface area contributed by atoms with Gasteiger partial charge in [-0.2, -0.15) is 0 Å². The van der Waals surface area contributed by atoms with Crippen LogP contribution in [0, 0.1) is 5.41 Å². The van der Waals surface area contributed by atoms with Gasteiger partial charge in [0, 0.05) is 12.5 Å². The highest BCUT2D eigenvalue weighted by Gasteiger charge is 2.43. The molecule has 0 aromatic heterocycles. The van der Waals surface area contributed by atoms with Crippen LogP contribution >= 0.6 is 0 Å². The number of carbonyl (C=O) groups excluding carboxylic acids is 1. The van der Waals surface area contributed by atoms with Crippen LogP contribution in [-0.2, 0) is 22.4 Å². The van der Waals surface area contributed by atoms with Gasteiger partial charge >= 0.3 is 0 Å². The van der Waals surface area contributed by atoms with E-state index in [-0.39, 0.29) is 11.8 Å². The Bertz CT molecular complexity index is 427. The average molecular weight is 247 g/mol. The number of ketones is 1. The molecule has 2 N–H and O–H groups in total. The van der Waals surface area contributed by atoms with Crippen LogP contribution in [0.15, 0.2) is 24.3 Å². The molecular formula is C15H21NO2. The van der Waals surface area contributed by atoms with Gasteiger partial charge in [-0.3, -0.25) is 4.79 Å². The minimum absolute atomic E-state index is 0.178. The maximum Gasteiger partial charge on any atom is 0.147 e. The van der Waals surface area contributed by atoms with Gasteiger partial charge in [-0.25, -0.2) is 0 Å². The summed E-state index contributed by atoms with van der Waals surface area (Å²) in [7, 11) is 0. The second-order valence-electron chi connectivity index (χ2n) is 5.31. The maximum atomic E-state index is 12.3. The summed E-state index contributed by atoms with van der Waals surface area (Å²) >= 11 is 0. The molecule has 0 bridgehead atoms. The number of carbonyl (C=O) groups is 1. The number of ether oxygens (including phenoxy) is 1. The third kappa shape index (κ3) is 2.47. The monoisotopic (exact) mass is 247 g/mol. The fourth-order valence-corrected chi connectivity index (χ4v) is 2.26. The van der Waals surface area contributed by atoms with Gasteiger partial charge in [-0.1, -0.05) is 31.2 Å². The van der Waals surface area contributed by atoms with Crippen molar-refractivity contribution in [2.75, 3.05) is 13.2 Å². The van der Waals surface area contributed by atoms with Crippen molar-refractivity contribution in [3.8, 4) is 0 Å². The second kappa shape index (κ2) is 5.21. The van der Waals surface area contributed by atoms with Crippen molar-refractivity contribution in [1.29, 1.82) is 0 Å². The lowest BCUT2D eigenvalue weighted by molar-refractivity contribution is -0.127. The molecule has 0 amide bonds. The molecule has 3 nitrogen and oxygen atoms in total. The largest absolute Gasteiger partial charge is 0.379 e. The summed E-state index contributed by atoms with van der Waals surface area (Å²) in [5, 5.41) is 0. The molecule has 1 aromatic carbocycles. The van der Waals surface area contributed by atoms with Crippen LogP contribution in [-0.4, -0.2) is 25.0 Å². The lowest BCUT2D eigenvalue weighted by Crippen LogP contribution is -2.45. The van der Waals surface area contributed by atoms with Gasteiger partial charge in [0.15, 0.2) is 0 Å². The number of benzene rings is 1. The Balaban J connectivity index is 2.06. The molecule has 98 valence electrons. The minimum Gasteiger partial charge on any atom is -0.379 e.